The molecule has 20 heavy (non-hydrogen) atoms. The topological polar surface area (TPSA) is 55.4 Å². The molecule has 0 spiro atoms. The third-order valence-corrected chi connectivity index (χ3v) is 2.84. The molecule has 0 radical (unpaired) electrons. The number of carbonyl (C=O) groups is 2. The van der Waals surface area contributed by atoms with Crippen molar-refractivity contribution in [2.75, 3.05) is 6.54 Å². The second-order valence-corrected chi connectivity index (χ2v) is 4.23. The Morgan fingerprint density at radius 2 is 1.75 bits per heavy atom. The number of hydrogen-bond donors (Lipinski definition) is 1. The smallest absolute Gasteiger partial charge is 0.298 e. The molecule has 2 aromatic carbocycles. The van der Waals surface area contributed by atoms with E-state index in [1.54, 1.807) is 24.3 Å². The molecule has 4 heteroatoms. The SMILES string of the molecule is O=COc1ccc(C(=O)NCCc2ccccc2)cc1. The first-order valence-electron chi connectivity index (χ1n) is 6.32. The second kappa shape index (κ2) is 7.09. The van der Waals surface area contributed by atoms with Gasteiger partial charge >= 0.3 is 0 Å². The lowest BCUT2D eigenvalue weighted by molar-refractivity contribution is -0.120. The summed E-state index contributed by atoms with van der Waals surface area (Å²) in [5.41, 5.74) is 1.72. The van der Waals surface area contributed by atoms with Gasteiger partial charge in [0.1, 0.15) is 5.75 Å². The van der Waals surface area contributed by atoms with E-state index in [2.05, 4.69) is 10.1 Å². The van der Waals surface area contributed by atoms with Gasteiger partial charge < -0.3 is 10.1 Å². The van der Waals surface area contributed by atoms with Gasteiger partial charge in [-0.2, -0.15) is 0 Å². The monoisotopic (exact) mass is 269 g/mol. The van der Waals surface area contributed by atoms with Crippen LogP contribution in [0.3, 0.4) is 0 Å². The third-order valence-electron chi connectivity index (χ3n) is 2.84. The Bertz CT molecular complexity index is 564. The summed E-state index contributed by atoms with van der Waals surface area (Å²) in [6.45, 7) is 0.935. The minimum Gasteiger partial charge on any atom is -0.429 e. The zero-order chi connectivity index (χ0) is 14.2. The number of ether oxygens (including phenoxy) is 1. The summed E-state index contributed by atoms with van der Waals surface area (Å²) in [5, 5.41) is 2.85. The van der Waals surface area contributed by atoms with Crippen molar-refractivity contribution in [1.29, 1.82) is 0 Å². The molecule has 1 N–H and O–H groups in total. The van der Waals surface area contributed by atoms with Gasteiger partial charge in [-0.1, -0.05) is 30.3 Å². The molecule has 0 atom stereocenters. The first-order valence-corrected chi connectivity index (χ1v) is 6.32. The normalized spacial score (nSPS) is 9.80. The van der Waals surface area contributed by atoms with E-state index >= 15 is 0 Å². The van der Waals surface area contributed by atoms with Crippen LogP contribution in [0.5, 0.6) is 5.75 Å². The Hall–Kier alpha value is -2.62. The lowest BCUT2D eigenvalue weighted by Gasteiger charge is -2.06. The van der Waals surface area contributed by atoms with Crippen molar-refractivity contribution in [3.05, 3.63) is 65.7 Å². The average Bonchev–Trinajstić information content (AvgIpc) is 2.49. The van der Waals surface area contributed by atoms with Crippen LogP contribution in [-0.4, -0.2) is 18.9 Å². The van der Waals surface area contributed by atoms with Gasteiger partial charge in [-0.15, -0.1) is 0 Å². The van der Waals surface area contributed by atoms with Gasteiger partial charge in [0.2, 0.25) is 0 Å². The molecular formula is C16H15NO3. The van der Waals surface area contributed by atoms with E-state index in [1.165, 1.54) is 5.56 Å². The molecule has 0 saturated heterocycles. The summed E-state index contributed by atoms with van der Waals surface area (Å²) in [6, 6.07) is 16.4. The maximum absolute atomic E-state index is 11.9. The molecule has 1 amide bonds. The zero-order valence-electron chi connectivity index (χ0n) is 10.9. The highest BCUT2D eigenvalue weighted by Crippen LogP contribution is 2.11. The van der Waals surface area contributed by atoms with Crippen molar-refractivity contribution < 1.29 is 14.3 Å². The van der Waals surface area contributed by atoms with Crippen molar-refractivity contribution in [1.82, 2.24) is 5.32 Å². The summed E-state index contributed by atoms with van der Waals surface area (Å²) < 4.78 is 4.67. The largest absolute Gasteiger partial charge is 0.429 e. The van der Waals surface area contributed by atoms with Crippen LogP contribution in [0.2, 0.25) is 0 Å². The fourth-order valence-electron chi connectivity index (χ4n) is 1.81. The highest BCUT2D eigenvalue weighted by Gasteiger charge is 2.05. The molecule has 0 unspecified atom stereocenters. The van der Waals surface area contributed by atoms with Crippen LogP contribution in [-0.2, 0) is 11.2 Å². The highest BCUT2D eigenvalue weighted by atomic mass is 16.5. The molecule has 4 nitrogen and oxygen atoms in total. The Balaban J connectivity index is 1.84. The number of carbonyl (C=O) groups excluding carboxylic acids is 2. The predicted octanol–water partition coefficient (Wildman–Crippen LogP) is 2.19. The summed E-state index contributed by atoms with van der Waals surface area (Å²) in [4.78, 5) is 22.1. The summed E-state index contributed by atoms with van der Waals surface area (Å²) in [5.74, 6) is 0.277. The maximum atomic E-state index is 11.9. The van der Waals surface area contributed by atoms with Crippen LogP contribution in [0.1, 0.15) is 15.9 Å². The van der Waals surface area contributed by atoms with E-state index in [0.717, 1.165) is 6.42 Å². The Kier molecular flexibility index (Phi) is 4.89. The lowest BCUT2D eigenvalue weighted by atomic mass is 10.1. The first kappa shape index (κ1) is 13.8. The molecule has 102 valence electrons. The van der Waals surface area contributed by atoms with Gasteiger partial charge in [-0.05, 0) is 36.2 Å². The van der Waals surface area contributed by atoms with Crippen LogP contribution < -0.4 is 10.1 Å². The van der Waals surface area contributed by atoms with E-state index in [-0.39, 0.29) is 5.91 Å². The number of rotatable bonds is 6. The first-order chi connectivity index (χ1) is 9.79. The molecule has 0 aliphatic carbocycles. The third kappa shape index (κ3) is 3.95. The second-order valence-electron chi connectivity index (χ2n) is 4.23. The molecule has 0 fully saturated rings. The van der Waals surface area contributed by atoms with Gasteiger partial charge in [-0.3, -0.25) is 9.59 Å². The molecular weight excluding hydrogens is 254 g/mol. The quantitative estimate of drug-likeness (QED) is 0.818. The van der Waals surface area contributed by atoms with Gasteiger partial charge in [0.05, 0.1) is 0 Å². The molecule has 0 saturated carbocycles. The van der Waals surface area contributed by atoms with Gasteiger partial charge in [-0.25, -0.2) is 0 Å². The van der Waals surface area contributed by atoms with E-state index in [4.69, 9.17) is 0 Å². The number of nitrogens with one attached hydrogen (secondary N) is 1. The van der Waals surface area contributed by atoms with Crippen molar-refractivity contribution in [2.45, 2.75) is 6.42 Å². The van der Waals surface area contributed by atoms with Crippen molar-refractivity contribution in [2.24, 2.45) is 0 Å². The molecule has 0 aliphatic heterocycles. The standard InChI is InChI=1S/C16H15NO3/c18-12-20-15-8-6-14(7-9-15)16(19)17-11-10-13-4-2-1-3-5-13/h1-9,12H,10-11H2,(H,17,19). The van der Waals surface area contributed by atoms with Crippen molar-refractivity contribution in [3.8, 4) is 5.75 Å². The number of hydrogen-bond acceptors (Lipinski definition) is 3. The van der Waals surface area contributed by atoms with Gasteiger partial charge in [0, 0.05) is 12.1 Å². The van der Waals surface area contributed by atoms with E-state index in [9.17, 15) is 9.59 Å². The van der Waals surface area contributed by atoms with Crippen molar-refractivity contribution >= 4 is 12.4 Å². The number of amides is 1. The number of benzene rings is 2. The predicted molar refractivity (Wildman–Crippen MR) is 75.6 cm³/mol. The minimum absolute atomic E-state index is 0.140. The summed E-state index contributed by atoms with van der Waals surface area (Å²) in [6.07, 6.45) is 0.791. The fourth-order valence-corrected chi connectivity index (χ4v) is 1.81. The van der Waals surface area contributed by atoms with Crippen molar-refractivity contribution in [3.63, 3.8) is 0 Å². The molecule has 2 rings (SSSR count). The van der Waals surface area contributed by atoms with E-state index < -0.39 is 0 Å². The zero-order valence-corrected chi connectivity index (χ0v) is 10.9. The van der Waals surface area contributed by atoms with Crippen LogP contribution in [0.25, 0.3) is 0 Å². The molecule has 0 bridgehead atoms. The highest BCUT2D eigenvalue weighted by molar-refractivity contribution is 5.94. The fraction of sp³-hybridized carbons (Fsp3) is 0.125. The van der Waals surface area contributed by atoms with Gasteiger partial charge in [0.25, 0.3) is 12.4 Å². The molecule has 2 aromatic rings. The van der Waals surface area contributed by atoms with Gasteiger partial charge in [0.15, 0.2) is 0 Å². The maximum Gasteiger partial charge on any atom is 0.298 e. The minimum atomic E-state index is -0.140. The van der Waals surface area contributed by atoms with Crippen LogP contribution in [0, 0.1) is 0 Å². The van der Waals surface area contributed by atoms with Crippen LogP contribution >= 0.6 is 0 Å². The van der Waals surface area contributed by atoms with E-state index in [0.29, 0.717) is 24.3 Å². The Morgan fingerprint density at radius 1 is 1.05 bits per heavy atom. The Labute approximate surface area is 117 Å². The lowest BCUT2D eigenvalue weighted by Crippen LogP contribution is -2.25. The summed E-state index contributed by atoms with van der Waals surface area (Å²) in [7, 11) is 0. The summed E-state index contributed by atoms with van der Waals surface area (Å²) >= 11 is 0. The average molecular weight is 269 g/mol. The molecule has 0 aliphatic rings. The molecule has 0 heterocycles. The van der Waals surface area contributed by atoms with Crippen LogP contribution in [0.4, 0.5) is 0 Å². The molecule has 0 aromatic heterocycles. The Morgan fingerprint density at radius 3 is 2.40 bits per heavy atom. The van der Waals surface area contributed by atoms with Crippen LogP contribution in [0.15, 0.2) is 54.6 Å². The van der Waals surface area contributed by atoms with E-state index in [1.807, 2.05) is 30.3 Å².